The summed E-state index contributed by atoms with van der Waals surface area (Å²) in [5, 5.41) is 3.72. The van der Waals surface area contributed by atoms with Crippen LogP contribution in [-0.4, -0.2) is 17.4 Å². The van der Waals surface area contributed by atoms with Gasteiger partial charge in [-0.15, -0.1) is 0 Å². The third kappa shape index (κ3) is 3.95. The second-order valence-corrected chi connectivity index (χ2v) is 6.52. The van der Waals surface area contributed by atoms with Crippen LogP contribution in [0, 0.1) is 5.41 Å². The standard InChI is InChI=1S/C16H21ClN2OS/c17-13-6-4-12(5-7-13)8-11-19-15(20)16(14(18)21)9-2-1-3-10-16/h4-7H,1-3,8-11H2,(H2,18,21)(H,19,20). The van der Waals surface area contributed by atoms with Gasteiger partial charge < -0.3 is 11.1 Å². The van der Waals surface area contributed by atoms with Crippen LogP contribution in [0.25, 0.3) is 0 Å². The fourth-order valence-corrected chi connectivity index (χ4v) is 3.30. The van der Waals surface area contributed by atoms with E-state index in [2.05, 4.69) is 5.32 Å². The van der Waals surface area contributed by atoms with E-state index in [9.17, 15) is 4.79 Å². The first kappa shape index (κ1) is 16.2. The van der Waals surface area contributed by atoms with Crippen LogP contribution in [0.3, 0.4) is 0 Å². The van der Waals surface area contributed by atoms with Crippen molar-refractivity contribution >= 4 is 34.7 Å². The zero-order chi connectivity index (χ0) is 15.3. The Labute approximate surface area is 136 Å². The first-order valence-corrected chi connectivity index (χ1v) is 8.16. The number of nitrogens with one attached hydrogen (secondary N) is 1. The highest BCUT2D eigenvalue weighted by Gasteiger charge is 2.41. The second kappa shape index (κ2) is 7.23. The van der Waals surface area contributed by atoms with Crippen LogP contribution in [0.1, 0.15) is 37.7 Å². The lowest BCUT2D eigenvalue weighted by atomic mass is 9.73. The van der Waals surface area contributed by atoms with Gasteiger partial charge in [0.15, 0.2) is 0 Å². The lowest BCUT2D eigenvalue weighted by Gasteiger charge is -2.34. The Balaban J connectivity index is 1.90. The average Bonchev–Trinajstić information content (AvgIpc) is 2.49. The van der Waals surface area contributed by atoms with Crippen LogP contribution >= 0.6 is 23.8 Å². The highest BCUT2D eigenvalue weighted by molar-refractivity contribution is 7.80. The molecule has 1 saturated carbocycles. The van der Waals surface area contributed by atoms with Gasteiger partial charge in [0, 0.05) is 11.6 Å². The minimum absolute atomic E-state index is 0.0105. The smallest absolute Gasteiger partial charge is 0.233 e. The molecule has 1 aliphatic carbocycles. The Kier molecular flexibility index (Phi) is 5.59. The maximum atomic E-state index is 12.5. The SMILES string of the molecule is NC(=S)C1(C(=O)NCCc2ccc(Cl)cc2)CCCCC1. The predicted molar refractivity (Wildman–Crippen MR) is 90.5 cm³/mol. The minimum Gasteiger partial charge on any atom is -0.392 e. The summed E-state index contributed by atoms with van der Waals surface area (Å²) >= 11 is 11.0. The summed E-state index contributed by atoms with van der Waals surface area (Å²) in [5.41, 5.74) is 6.37. The fourth-order valence-electron chi connectivity index (χ4n) is 2.88. The number of nitrogens with two attached hydrogens (primary N) is 1. The van der Waals surface area contributed by atoms with Gasteiger partial charge in [-0.05, 0) is 37.0 Å². The molecule has 0 heterocycles. The van der Waals surface area contributed by atoms with Crippen LogP contribution in [0.5, 0.6) is 0 Å². The van der Waals surface area contributed by atoms with E-state index >= 15 is 0 Å². The average molecular weight is 325 g/mol. The van der Waals surface area contributed by atoms with Crippen molar-refractivity contribution in [1.82, 2.24) is 5.32 Å². The molecule has 0 aliphatic heterocycles. The number of hydrogen-bond donors (Lipinski definition) is 2. The molecular formula is C16H21ClN2OS. The topological polar surface area (TPSA) is 55.1 Å². The van der Waals surface area contributed by atoms with Crippen LogP contribution in [-0.2, 0) is 11.2 Å². The molecule has 0 spiro atoms. The summed E-state index contributed by atoms with van der Waals surface area (Å²) in [4.78, 5) is 12.8. The normalized spacial score (nSPS) is 17.2. The van der Waals surface area contributed by atoms with Gasteiger partial charge in [-0.1, -0.05) is 55.2 Å². The zero-order valence-corrected chi connectivity index (χ0v) is 13.6. The second-order valence-electron chi connectivity index (χ2n) is 5.64. The molecule has 1 aromatic carbocycles. The molecule has 3 N–H and O–H groups in total. The molecule has 2 rings (SSSR count). The van der Waals surface area contributed by atoms with Gasteiger partial charge in [-0.3, -0.25) is 4.79 Å². The summed E-state index contributed by atoms with van der Waals surface area (Å²) < 4.78 is 0. The lowest BCUT2D eigenvalue weighted by molar-refractivity contribution is -0.128. The Morgan fingerprint density at radius 2 is 1.86 bits per heavy atom. The molecule has 114 valence electrons. The number of carbonyl (C=O) groups excluding carboxylic acids is 1. The molecule has 1 aliphatic rings. The zero-order valence-electron chi connectivity index (χ0n) is 12.0. The molecule has 1 aromatic rings. The highest BCUT2D eigenvalue weighted by Crippen LogP contribution is 2.36. The van der Waals surface area contributed by atoms with Crippen molar-refractivity contribution in [2.75, 3.05) is 6.54 Å². The Hall–Kier alpha value is -1.13. The minimum atomic E-state index is -0.631. The van der Waals surface area contributed by atoms with Gasteiger partial charge >= 0.3 is 0 Å². The van der Waals surface area contributed by atoms with Gasteiger partial charge in [0.2, 0.25) is 5.91 Å². The third-order valence-electron chi connectivity index (χ3n) is 4.23. The third-order valence-corrected chi connectivity index (χ3v) is 4.87. The van der Waals surface area contributed by atoms with E-state index in [4.69, 9.17) is 29.6 Å². The van der Waals surface area contributed by atoms with E-state index in [1.54, 1.807) is 0 Å². The number of amides is 1. The monoisotopic (exact) mass is 324 g/mol. The van der Waals surface area contributed by atoms with Crippen LogP contribution in [0.15, 0.2) is 24.3 Å². The van der Waals surface area contributed by atoms with Gasteiger partial charge in [0.1, 0.15) is 0 Å². The van der Waals surface area contributed by atoms with Crippen molar-refractivity contribution < 1.29 is 4.79 Å². The Morgan fingerprint density at radius 3 is 2.43 bits per heavy atom. The first-order valence-electron chi connectivity index (χ1n) is 7.37. The van der Waals surface area contributed by atoms with E-state index in [-0.39, 0.29) is 5.91 Å². The van der Waals surface area contributed by atoms with Crippen molar-refractivity contribution in [1.29, 1.82) is 0 Å². The van der Waals surface area contributed by atoms with E-state index in [1.807, 2.05) is 24.3 Å². The number of rotatable bonds is 5. The van der Waals surface area contributed by atoms with E-state index in [0.717, 1.165) is 49.1 Å². The number of halogens is 1. The summed E-state index contributed by atoms with van der Waals surface area (Å²) in [6.07, 6.45) is 5.51. The molecule has 21 heavy (non-hydrogen) atoms. The Bertz CT molecular complexity index is 510. The molecular weight excluding hydrogens is 304 g/mol. The number of benzene rings is 1. The summed E-state index contributed by atoms with van der Waals surface area (Å²) in [7, 11) is 0. The summed E-state index contributed by atoms with van der Waals surface area (Å²) in [6.45, 7) is 0.588. The molecule has 0 radical (unpaired) electrons. The van der Waals surface area contributed by atoms with Crippen LogP contribution in [0.4, 0.5) is 0 Å². The first-order chi connectivity index (χ1) is 10.0. The van der Waals surface area contributed by atoms with Crippen molar-refractivity contribution in [2.45, 2.75) is 38.5 Å². The molecule has 0 saturated heterocycles. The summed E-state index contributed by atoms with van der Waals surface area (Å²) in [5.74, 6) is -0.0105. The maximum Gasteiger partial charge on any atom is 0.233 e. The van der Waals surface area contributed by atoms with Gasteiger partial charge in [0.05, 0.1) is 10.4 Å². The molecule has 1 fully saturated rings. The molecule has 0 unspecified atom stereocenters. The molecule has 0 bridgehead atoms. The van der Waals surface area contributed by atoms with Crippen molar-refractivity contribution in [3.63, 3.8) is 0 Å². The molecule has 0 aromatic heterocycles. The largest absolute Gasteiger partial charge is 0.392 e. The van der Waals surface area contributed by atoms with Gasteiger partial charge in [-0.2, -0.15) is 0 Å². The predicted octanol–water partition coefficient (Wildman–Crippen LogP) is 3.24. The van der Waals surface area contributed by atoms with Crippen molar-refractivity contribution in [2.24, 2.45) is 11.1 Å². The van der Waals surface area contributed by atoms with Crippen molar-refractivity contribution in [3.8, 4) is 0 Å². The van der Waals surface area contributed by atoms with E-state index in [0.29, 0.717) is 11.5 Å². The lowest BCUT2D eigenvalue weighted by Crippen LogP contribution is -2.50. The molecule has 3 nitrogen and oxygen atoms in total. The number of thiocarbonyl (C=S) groups is 1. The van der Waals surface area contributed by atoms with E-state index in [1.165, 1.54) is 0 Å². The van der Waals surface area contributed by atoms with Gasteiger partial charge in [-0.25, -0.2) is 0 Å². The highest BCUT2D eigenvalue weighted by atomic mass is 35.5. The molecule has 1 amide bonds. The van der Waals surface area contributed by atoms with E-state index < -0.39 is 5.41 Å². The fraction of sp³-hybridized carbons (Fsp3) is 0.500. The van der Waals surface area contributed by atoms with Gasteiger partial charge in [0.25, 0.3) is 0 Å². The maximum absolute atomic E-state index is 12.5. The van der Waals surface area contributed by atoms with Crippen LogP contribution in [0.2, 0.25) is 5.02 Å². The Morgan fingerprint density at radius 1 is 1.24 bits per heavy atom. The summed E-state index contributed by atoms with van der Waals surface area (Å²) in [6, 6.07) is 7.66. The van der Waals surface area contributed by atoms with Crippen molar-refractivity contribution in [3.05, 3.63) is 34.9 Å². The number of carbonyl (C=O) groups is 1. The number of hydrogen-bond acceptors (Lipinski definition) is 2. The molecule has 0 atom stereocenters. The molecule has 5 heteroatoms. The van der Waals surface area contributed by atoms with Crippen LogP contribution < -0.4 is 11.1 Å². The quantitative estimate of drug-likeness (QED) is 0.818.